The van der Waals surface area contributed by atoms with Crippen LogP contribution in [0.1, 0.15) is 271 Å². The molecule has 0 aliphatic rings. The highest BCUT2D eigenvalue weighted by molar-refractivity contribution is 7.46. The lowest BCUT2D eigenvalue weighted by atomic mass is 10.0. The summed E-state index contributed by atoms with van der Waals surface area (Å²) in [7, 11) is -4.75. The first kappa shape index (κ1) is 56.8. The number of allylic oxidation sites excluding steroid dienone is 2. The maximum atomic E-state index is 12.5. The molecule has 0 radical (unpaired) electrons. The van der Waals surface area contributed by atoms with Crippen LogP contribution in [0.2, 0.25) is 0 Å². The van der Waals surface area contributed by atoms with Gasteiger partial charge in [-0.05, 0) is 38.5 Å². The summed E-state index contributed by atoms with van der Waals surface area (Å²) in [6.07, 6.45) is 52.3. The Balaban J connectivity index is 3.78. The Morgan fingerprint density at radius 3 is 1.05 bits per heavy atom. The van der Waals surface area contributed by atoms with Crippen LogP contribution in [0.15, 0.2) is 12.2 Å². The zero-order chi connectivity index (χ0) is 42.5. The van der Waals surface area contributed by atoms with E-state index in [9.17, 15) is 14.2 Å². The molecule has 0 aromatic carbocycles. The Hall–Kier alpha value is -1.21. The fourth-order valence-electron chi connectivity index (χ4n) is 7.55. The largest absolute Gasteiger partial charge is 0.469 e. The molecule has 0 heterocycles. The molecule has 0 aliphatic heterocycles. The molecular formula is C49H95O8P. The maximum absolute atomic E-state index is 12.5. The summed E-state index contributed by atoms with van der Waals surface area (Å²) in [6, 6.07) is 0. The highest BCUT2D eigenvalue weighted by atomic mass is 31.2. The normalized spacial score (nSPS) is 12.4. The molecule has 58 heavy (non-hydrogen) atoms. The van der Waals surface area contributed by atoms with Gasteiger partial charge < -0.3 is 19.3 Å². The molecule has 344 valence electrons. The highest BCUT2D eigenvalue weighted by Gasteiger charge is 2.23. The van der Waals surface area contributed by atoms with Crippen LogP contribution >= 0.6 is 7.82 Å². The molecule has 0 aromatic rings. The molecule has 0 rings (SSSR count). The van der Waals surface area contributed by atoms with Crippen molar-refractivity contribution in [2.24, 2.45) is 0 Å². The van der Waals surface area contributed by atoms with Gasteiger partial charge in [0.1, 0.15) is 6.61 Å². The average molecular weight is 843 g/mol. The minimum absolute atomic E-state index is 0.219. The van der Waals surface area contributed by atoms with Crippen molar-refractivity contribution in [3.05, 3.63) is 12.2 Å². The second-order valence-corrected chi connectivity index (χ2v) is 18.4. The number of ether oxygens (including phenoxy) is 2. The lowest BCUT2D eigenvalue weighted by Crippen LogP contribution is -2.29. The van der Waals surface area contributed by atoms with Crippen LogP contribution in [0.25, 0.3) is 0 Å². The third-order valence-corrected chi connectivity index (χ3v) is 11.8. The van der Waals surface area contributed by atoms with Gasteiger partial charge in [-0.2, -0.15) is 0 Å². The molecule has 0 aromatic heterocycles. The Kier molecular flexibility index (Phi) is 44.4. The number of hydrogen-bond acceptors (Lipinski definition) is 6. The minimum Gasteiger partial charge on any atom is -0.462 e. The van der Waals surface area contributed by atoms with Crippen molar-refractivity contribution in [1.82, 2.24) is 0 Å². The number of carbonyl (C=O) groups is 2. The first-order valence-electron chi connectivity index (χ1n) is 25.0. The summed E-state index contributed by atoms with van der Waals surface area (Å²) in [5.41, 5.74) is 0. The second kappa shape index (κ2) is 45.3. The van der Waals surface area contributed by atoms with Crippen LogP contribution in [0.3, 0.4) is 0 Å². The molecule has 0 bridgehead atoms. The summed E-state index contributed by atoms with van der Waals surface area (Å²) in [5.74, 6) is -0.867. The topological polar surface area (TPSA) is 119 Å². The molecule has 0 saturated heterocycles. The van der Waals surface area contributed by atoms with Gasteiger partial charge in [-0.3, -0.25) is 14.1 Å². The second-order valence-electron chi connectivity index (χ2n) is 17.2. The van der Waals surface area contributed by atoms with Crippen molar-refractivity contribution >= 4 is 19.8 Å². The molecular weight excluding hydrogens is 748 g/mol. The molecule has 0 amide bonds. The molecule has 0 saturated carbocycles. The smallest absolute Gasteiger partial charge is 0.462 e. The molecule has 8 nitrogen and oxygen atoms in total. The van der Waals surface area contributed by atoms with E-state index in [1.807, 2.05) is 0 Å². The predicted octanol–water partition coefficient (Wildman–Crippen LogP) is 15.8. The molecule has 9 heteroatoms. The molecule has 1 atom stereocenters. The van der Waals surface area contributed by atoms with E-state index in [-0.39, 0.29) is 19.4 Å². The van der Waals surface area contributed by atoms with Gasteiger partial charge in [-0.1, -0.05) is 231 Å². The summed E-state index contributed by atoms with van der Waals surface area (Å²) in [6.45, 7) is 3.73. The van der Waals surface area contributed by atoms with Gasteiger partial charge >= 0.3 is 19.8 Å². The number of phosphoric ester groups is 1. The van der Waals surface area contributed by atoms with Crippen LogP contribution < -0.4 is 0 Å². The SMILES string of the molecule is CCCCCCCC/C=C\CCCCCCCCCCCCCC(=O)OC[C@H](COP(=O)(O)O)OC(=O)CCCCCCCCCCCCCCCCCCCCC. The molecule has 0 unspecified atom stereocenters. The van der Waals surface area contributed by atoms with Crippen LogP contribution in [0.4, 0.5) is 0 Å². The lowest BCUT2D eigenvalue weighted by Gasteiger charge is -2.18. The maximum Gasteiger partial charge on any atom is 0.469 e. The van der Waals surface area contributed by atoms with Crippen LogP contribution in [-0.2, 0) is 28.2 Å². The van der Waals surface area contributed by atoms with E-state index in [4.69, 9.17) is 19.3 Å². The molecule has 0 fully saturated rings. The minimum atomic E-state index is -4.75. The molecule has 0 spiro atoms. The van der Waals surface area contributed by atoms with Gasteiger partial charge in [0.2, 0.25) is 0 Å². The Bertz CT molecular complexity index is 951. The van der Waals surface area contributed by atoms with Gasteiger partial charge in [0, 0.05) is 12.8 Å². The van der Waals surface area contributed by atoms with E-state index in [1.165, 1.54) is 205 Å². The third-order valence-electron chi connectivity index (χ3n) is 11.3. The standard InChI is InChI=1S/C49H95O8P/c1-3-5-7-9-11-13-15-17-19-21-23-24-26-27-29-31-33-35-37-39-41-43-48(50)55-45-47(46-56-58(52,53)54)57-49(51)44-42-40-38-36-34-32-30-28-25-22-20-18-16-14-12-10-8-6-4-2/h17,19,47H,3-16,18,20-46H2,1-2H3,(H2,52,53,54)/b19-17-/t47-/m1/s1. The van der Waals surface area contributed by atoms with E-state index >= 15 is 0 Å². The van der Waals surface area contributed by atoms with Crippen molar-refractivity contribution in [1.29, 1.82) is 0 Å². The molecule has 0 aliphatic carbocycles. The van der Waals surface area contributed by atoms with Gasteiger partial charge in [0.15, 0.2) is 6.10 Å². The fraction of sp³-hybridized carbons (Fsp3) is 0.918. The van der Waals surface area contributed by atoms with Crippen LogP contribution in [0, 0.1) is 0 Å². The Morgan fingerprint density at radius 2 is 0.724 bits per heavy atom. The van der Waals surface area contributed by atoms with Crippen LogP contribution in [0.5, 0.6) is 0 Å². The molecule has 2 N–H and O–H groups in total. The number of esters is 2. The number of phosphoric acid groups is 1. The lowest BCUT2D eigenvalue weighted by molar-refractivity contribution is -0.161. The third kappa shape index (κ3) is 47.5. The zero-order valence-corrected chi connectivity index (χ0v) is 39.1. The number of unbranched alkanes of at least 4 members (excludes halogenated alkanes) is 35. The first-order valence-corrected chi connectivity index (χ1v) is 26.5. The number of rotatable bonds is 47. The summed E-state index contributed by atoms with van der Waals surface area (Å²) >= 11 is 0. The van der Waals surface area contributed by atoms with Crippen molar-refractivity contribution < 1.29 is 37.9 Å². The average Bonchev–Trinajstić information content (AvgIpc) is 3.20. The van der Waals surface area contributed by atoms with Crippen molar-refractivity contribution in [2.75, 3.05) is 13.2 Å². The van der Waals surface area contributed by atoms with Gasteiger partial charge in [0.25, 0.3) is 0 Å². The van der Waals surface area contributed by atoms with Crippen molar-refractivity contribution in [2.45, 2.75) is 277 Å². The van der Waals surface area contributed by atoms with E-state index in [1.54, 1.807) is 0 Å². The van der Waals surface area contributed by atoms with Crippen molar-refractivity contribution in [3.63, 3.8) is 0 Å². The van der Waals surface area contributed by atoms with E-state index in [0.717, 1.165) is 32.1 Å². The zero-order valence-electron chi connectivity index (χ0n) is 38.2. The van der Waals surface area contributed by atoms with E-state index < -0.39 is 32.5 Å². The quantitative estimate of drug-likeness (QED) is 0.0269. The monoisotopic (exact) mass is 843 g/mol. The highest BCUT2D eigenvalue weighted by Crippen LogP contribution is 2.36. The van der Waals surface area contributed by atoms with Gasteiger partial charge in [-0.25, -0.2) is 4.57 Å². The Morgan fingerprint density at radius 1 is 0.431 bits per heavy atom. The first-order chi connectivity index (χ1) is 28.3. The number of carbonyl (C=O) groups excluding carboxylic acids is 2. The summed E-state index contributed by atoms with van der Waals surface area (Å²) in [5, 5.41) is 0. The van der Waals surface area contributed by atoms with Gasteiger partial charge in [0.05, 0.1) is 6.61 Å². The van der Waals surface area contributed by atoms with Crippen LogP contribution in [-0.4, -0.2) is 41.0 Å². The van der Waals surface area contributed by atoms with E-state index in [2.05, 4.69) is 30.5 Å². The summed E-state index contributed by atoms with van der Waals surface area (Å²) < 4.78 is 26.5. The van der Waals surface area contributed by atoms with Crippen molar-refractivity contribution in [3.8, 4) is 0 Å². The fourth-order valence-corrected chi connectivity index (χ4v) is 7.91. The predicted molar refractivity (Wildman–Crippen MR) is 244 cm³/mol. The van der Waals surface area contributed by atoms with Gasteiger partial charge in [-0.15, -0.1) is 0 Å². The summed E-state index contributed by atoms with van der Waals surface area (Å²) in [4.78, 5) is 43.1. The number of hydrogen-bond donors (Lipinski definition) is 2. The Labute approximate surface area is 358 Å². The van der Waals surface area contributed by atoms with E-state index in [0.29, 0.717) is 6.42 Å².